The molecule has 4 fully saturated rings. The van der Waals surface area contributed by atoms with Crippen molar-refractivity contribution < 1.29 is 53.7 Å². The van der Waals surface area contributed by atoms with Crippen LogP contribution in [0, 0.1) is 23.7 Å². The summed E-state index contributed by atoms with van der Waals surface area (Å²) in [6.45, 7) is 3.24. The number of nitrogens with one attached hydrogen (secondary N) is 3. The lowest BCUT2D eigenvalue weighted by Gasteiger charge is -2.60. The SMILES string of the molecule is CNCCOc1cc(O[C@]23CCCC[C@H]2CC[C@@H](C)N3)c2c3c1CCc1c-3c(cc3c1[C@@H](O)[C@H](c1cc(OC)c(O)c(OC[C@H](CO)[C@]45CCC[C@H](C6(N7C(=O)C=CC7=O)CCCCC6)[C@H]4C=Cc4ccccc45)c1)CO3)N[C@@H]2O. The van der Waals surface area contributed by atoms with Crippen molar-refractivity contribution in [2.24, 2.45) is 23.7 Å². The molecule has 9 aliphatic rings. The van der Waals surface area contributed by atoms with Crippen molar-refractivity contribution in [2.75, 3.05) is 52.4 Å². The van der Waals surface area contributed by atoms with Crippen LogP contribution in [0.1, 0.15) is 154 Å². The highest BCUT2D eigenvalue weighted by Crippen LogP contribution is 2.62. The molecule has 15 nitrogen and oxygen atoms in total. The fourth-order valence-electron chi connectivity index (χ4n) is 17.0. The Morgan fingerprint density at radius 2 is 1.61 bits per heavy atom. The molecule has 0 spiro atoms. The number of hydrogen-bond acceptors (Lipinski definition) is 14. The maximum atomic E-state index is 13.7. The first kappa shape index (κ1) is 53.2. The van der Waals surface area contributed by atoms with Crippen LogP contribution in [-0.4, -0.2) is 102 Å². The summed E-state index contributed by atoms with van der Waals surface area (Å²) in [6, 6.07) is 16.0. The number of likely N-dealkylation sites (N-methyl/N-ethyl adjacent to an activating group) is 1. The number of aromatic hydroxyl groups is 1. The molecule has 4 aliphatic heterocycles. The van der Waals surface area contributed by atoms with Crippen LogP contribution in [0.5, 0.6) is 34.5 Å². The molecule has 424 valence electrons. The Labute approximate surface area is 469 Å². The molecule has 10 atom stereocenters. The molecular weight excluding hydrogens is 1010 g/mol. The van der Waals surface area contributed by atoms with Crippen LogP contribution in [0.3, 0.4) is 0 Å². The Bertz CT molecular complexity index is 3130. The summed E-state index contributed by atoms with van der Waals surface area (Å²) in [7, 11) is 3.40. The van der Waals surface area contributed by atoms with Gasteiger partial charge in [0.2, 0.25) is 5.75 Å². The monoisotopic (exact) mass is 1090 g/mol. The van der Waals surface area contributed by atoms with Gasteiger partial charge in [0, 0.05) is 94.4 Å². The summed E-state index contributed by atoms with van der Waals surface area (Å²) in [5.74, 6) is 0.556. The molecule has 0 aromatic heterocycles. The molecule has 80 heavy (non-hydrogen) atoms. The second kappa shape index (κ2) is 21.0. The molecular formula is C65H78N4O11. The smallest absolute Gasteiger partial charge is 0.254 e. The zero-order valence-electron chi connectivity index (χ0n) is 46.5. The number of phenolic OH excluding ortho intramolecular Hbond substituents is 1. The molecule has 13 rings (SSSR count). The van der Waals surface area contributed by atoms with Crippen molar-refractivity contribution in [3.63, 3.8) is 0 Å². The van der Waals surface area contributed by atoms with Gasteiger partial charge in [-0.1, -0.05) is 68.5 Å². The van der Waals surface area contributed by atoms with Crippen LogP contribution in [0.25, 0.3) is 17.2 Å². The number of piperidine rings is 1. The lowest BCUT2D eigenvalue weighted by molar-refractivity contribution is -0.153. The van der Waals surface area contributed by atoms with Crippen molar-refractivity contribution in [2.45, 2.75) is 151 Å². The third-order valence-corrected chi connectivity index (χ3v) is 20.6. The van der Waals surface area contributed by atoms with Crippen LogP contribution >= 0.6 is 0 Å². The van der Waals surface area contributed by atoms with E-state index in [4.69, 9.17) is 23.7 Å². The Morgan fingerprint density at radius 3 is 2.41 bits per heavy atom. The molecule has 3 saturated carbocycles. The molecule has 2 amide bonds. The zero-order chi connectivity index (χ0) is 55.1. The first-order chi connectivity index (χ1) is 38.9. The number of rotatable bonds is 15. The third-order valence-electron chi connectivity index (χ3n) is 20.6. The fraction of sp³-hybridized carbons (Fsp3) is 0.538. The standard InChI is InChI=1S/C65H78N4O11/c1-37-16-18-40-13-7-10-27-65(40,68-37)80-51-33-49(77-29-28-66-2)42-19-20-43-56-48(67-62(75)59(51)58(42)56)32-50-57(43)60(73)44(36-79-50)39-30-52(76-3)61(74)53(31-39)78-35-41(34-70)64-26-11-15-46(47(64)21-17-38-12-5-6-14-45(38)64)63(24-8-4-9-25-63)69-54(71)22-23-55(69)72/h5-6,12,14,17,21-23,30-33,37,40-41,44,46-47,60,62,66-68,70,73-75H,4,7-11,13,15-16,18-20,24-29,34-36H2,1-3H3/t37-,40+,41+,44+,46+,47-,60+,62-,64+,65-/m1/s1. The number of anilines is 1. The summed E-state index contributed by atoms with van der Waals surface area (Å²) in [5.41, 5.74) is 6.70. The van der Waals surface area contributed by atoms with Gasteiger partial charge in [-0.15, -0.1) is 0 Å². The van der Waals surface area contributed by atoms with Gasteiger partial charge in [-0.3, -0.25) is 19.8 Å². The van der Waals surface area contributed by atoms with E-state index in [0.717, 1.165) is 129 Å². The summed E-state index contributed by atoms with van der Waals surface area (Å²) in [4.78, 5) is 29.0. The number of allylic oxidation sites excluding steroid dienone is 1. The van der Waals surface area contributed by atoms with Crippen molar-refractivity contribution in [3.8, 4) is 45.6 Å². The number of aliphatic hydroxyl groups excluding tert-OH is 3. The Hall–Kier alpha value is -6.10. The minimum atomic E-state index is -1.08. The predicted molar refractivity (Wildman–Crippen MR) is 303 cm³/mol. The van der Waals surface area contributed by atoms with Gasteiger partial charge in [0.05, 0.1) is 44.1 Å². The van der Waals surface area contributed by atoms with E-state index in [0.29, 0.717) is 65.8 Å². The molecule has 4 aromatic carbocycles. The Kier molecular flexibility index (Phi) is 14.0. The largest absolute Gasteiger partial charge is 0.502 e. The van der Waals surface area contributed by atoms with E-state index in [1.54, 1.807) is 17.0 Å². The van der Waals surface area contributed by atoms with E-state index in [1.165, 1.54) is 19.3 Å². The van der Waals surface area contributed by atoms with Gasteiger partial charge in [-0.25, -0.2) is 0 Å². The normalized spacial score (nSPS) is 29.9. The summed E-state index contributed by atoms with van der Waals surface area (Å²) in [6.07, 6.45) is 19.4. The van der Waals surface area contributed by atoms with E-state index in [1.807, 2.05) is 31.3 Å². The summed E-state index contributed by atoms with van der Waals surface area (Å²) in [5, 5.41) is 59.3. The number of aliphatic hydroxyl groups is 3. The first-order valence-electron chi connectivity index (χ1n) is 29.8. The van der Waals surface area contributed by atoms with Gasteiger partial charge in [-0.05, 0) is 124 Å². The number of methoxy groups -OCH3 is 1. The molecule has 1 saturated heterocycles. The second-order valence-electron chi connectivity index (χ2n) is 24.5. The van der Waals surface area contributed by atoms with Crippen molar-refractivity contribution in [1.82, 2.24) is 15.5 Å². The van der Waals surface area contributed by atoms with Gasteiger partial charge in [-0.2, -0.15) is 0 Å². The maximum Gasteiger partial charge on any atom is 0.254 e. The van der Waals surface area contributed by atoms with E-state index in [9.17, 15) is 30.0 Å². The highest BCUT2D eigenvalue weighted by molar-refractivity contribution is 6.13. The first-order valence-corrected chi connectivity index (χ1v) is 29.8. The number of imide groups is 1. The number of ether oxygens (including phenoxy) is 5. The quantitative estimate of drug-likeness (QED) is 0.0439. The number of carbonyl (C=O) groups is 2. The average molecular weight is 1090 g/mol. The molecule has 5 aliphatic carbocycles. The number of amides is 2. The van der Waals surface area contributed by atoms with Gasteiger partial charge in [0.25, 0.3) is 11.8 Å². The molecule has 0 radical (unpaired) electrons. The fourth-order valence-corrected chi connectivity index (χ4v) is 17.0. The summed E-state index contributed by atoms with van der Waals surface area (Å²) >= 11 is 0. The highest BCUT2D eigenvalue weighted by atomic mass is 16.5. The topological polar surface area (TPSA) is 201 Å². The van der Waals surface area contributed by atoms with Gasteiger partial charge in [0.1, 0.15) is 23.9 Å². The van der Waals surface area contributed by atoms with Gasteiger partial charge in [0.15, 0.2) is 23.5 Å². The average Bonchev–Trinajstić information content (AvgIpc) is 3.91. The minimum Gasteiger partial charge on any atom is -0.502 e. The van der Waals surface area contributed by atoms with E-state index >= 15 is 0 Å². The predicted octanol–water partition coefficient (Wildman–Crippen LogP) is 9.42. The van der Waals surface area contributed by atoms with Crippen LogP contribution in [0.2, 0.25) is 0 Å². The number of hydrogen-bond donors (Lipinski definition) is 7. The minimum absolute atomic E-state index is 0.0326. The lowest BCUT2D eigenvalue weighted by atomic mass is 9.47. The Balaban J connectivity index is 0.844. The number of fused-ring (bicyclic) bond motifs is 6. The molecule has 0 bridgehead atoms. The van der Waals surface area contributed by atoms with Gasteiger partial charge >= 0.3 is 0 Å². The highest BCUT2D eigenvalue weighted by Gasteiger charge is 2.60. The van der Waals surface area contributed by atoms with E-state index < -0.39 is 40.8 Å². The lowest BCUT2D eigenvalue weighted by Crippen LogP contribution is -2.64. The maximum absolute atomic E-state index is 13.7. The molecule has 15 heteroatoms. The molecule has 4 aromatic rings. The number of carbonyl (C=O) groups excluding carboxylic acids is 2. The summed E-state index contributed by atoms with van der Waals surface area (Å²) < 4.78 is 33.3. The second-order valence-corrected chi connectivity index (χ2v) is 24.5. The van der Waals surface area contributed by atoms with Crippen molar-refractivity contribution in [1.29, 1.82) is 0 Å². The van der Waals surface area contributed by atoms with Crippen LogP contribution < -0.4 is 39.6 Å². The molecule has 7 N–H and O–H groups in total. The number of nitrogens with zero attached hydrogens (tertiary/aromatic N) is 1. The van der Waals surface area contributed by atoms with Crippen LogP contribution in [-0.2, 0) is 27.8 Å². The van der Waals surface area contributed by atoms with E-state index in [-0.39, 0.29) is 66.8 Å². The Morgan fingerprint density at radius 1 is 0.825 bits per heavy atom. The number of phenols is 1. The van der Waals surface area contributed by atoms with Crippen LogP contribution in [0.4, 0.5) is 5.69 Å². The molecule has 0 unspecified atom stereocenters. The van der Waals surface area contributed by atoms with Crippen molar-refractivity contribution in [3.05, 3.63) is 106 Å². The zero-order valence-corrected chi connectivity index (χ0v) is 46.5. The number of benzene rings is 4. The van der Waals surface area contributed by atoms with Crippen molar-refractivity contribution >= 4 is 23.6 Å². The third kappa shape index (κ3) is 8.44. The van der Waals surface area contributed by atoms with Gasteiger partial charge < -0.3 is 54.7 Å². The van der Waals surface area contributed by atoms with E-state index in [2.05, 4.69) is 47.2 Å². The molecule has 4 heterocycles. The van der Waals surface area contributed by atoms with Crippen LogP contribution in [0.15, 0.2) is 66.8 Å².